The van der Waals surface area contributed by atoms with Gasteiger partial charge in [-0.25, -0.2) is 0 Å². The monoisotopic (exact) mass is 412 g/mol. The van der Waals surface area contributed by atoms with Gasteiger partial charge in [0.05, 0.1) is 12.1 Å². The van der Waals surface area contributed by atoms with Gasteiger partial charge in [0.2, 0.25) is 0 Å². The van der Waals surface area contributed by atoms with Crippen molar-refractivity contribution in [3.05, 3.63) is 75.4 Å². The average molecular weight is 412 g/mol. The molecular weight excluding hydrogens is 395 g/mol. The fourth-order valence-corrected chi connectivity index (χ4v) is 3.06. The molecule has 0 aliphatic rings. The summed E-state index contributed by atoms with van der Waals surface area (Å²) in [5.74, 6) is 0. The fraction of sp³-hybridized carbons (Fsp3) is 0.200. The Morgan fingerprint density at radius 3 is 2.17 bits per heavy atom. The molecule has 0 aromatic heterocycles. The van der Waals surface area contributed by atoms with Crippen LogP contribution in [0.25, 0.3) is 5.57 Å². The van der Waals surface area contributed by atoms with Gasteiger partial charge in [-0.05, 0) is 27.7 Å². The van der Waals surface area contributed by atoms with Crippen molar-refractivity contribution in [1.82, 2.24) is 0 Å². The quantitative estimate of drug-likeness (QED) is 0.615. The van der Waals surface area contributed by atoms with Gasteiger partial charge >= 0.3 is 0 Å². The first-order chi connectivity index (χ1) is 11.1. The summed E-state index contributed by atoms with van der Waals surface area (Å²) in [6.45, 7) is 2.03. The van der Waals surface area contributed by atoms with Crippen LogP contribution in [0.1, 0.15) is 23.1 Å². The van der Waals surface area contributed by atoms with E-state index in [1.54, 1.807) is 0 Å². The van der Waals surface area contributed by atoms with Gasteiger partial charge in [-0.15, -0.1) is 0 Å². The van der Waals surface area contributed by atoms with Crippen molar-refractivity contribution < 1.29 is 0 Å². The van der Waals surface area contributed by atoms with E-state index in [0.29, 0.717) is 12.8 Å². The third-order valence-corrected chi connectivity index (χ3v) is 4.57. The van der Waals surface area contributed by atoms with Gasteiger partial charge in [0, 0.05) is 12.8 Å². The predicted molar refractivity (Wildman–Crippen MR) is 102 cm³/mol. The van der Waals surface area contributed by atoms with Crippen LogP contribution in [0.3, 0.4) is 0 Å². The summed E-state index contributed by atoms with van der Waals surface area (Å²) in [5, 5.41) is 19.4. The van der Waals surface area contributed by atoms with Crippen molar-refractivity contribution in [3.63, 3.8) is 0 Å². The number of hydrogen-bond donors (Lipinski definition) is 0. The van der Waals surface area contributed by atoms with Crippen molar-refractivity contribution in [2.75, 3.05) is 0 Å². The molecule has 0 amide bonds. The first kappa shape index (κ1) is 17.2. The second-order valence-electron chi connectivity index (χ2n) is 5.65. The molecule has 114 valence electrons. The van der Waals surface area contributed by atoms with E-state index in [9.17, 15) is 10.5 Å². The number of allylic oxidation sites excluding steroid dienone is 1. The van der Waals surface area contributed by atoms with Gasteiger partial charge < -0.3 is 0 Å². The highest BCUT2D eigenvalue weighted by atomic mass is 127. The van der Waals surface area contributed by atoms with Crippen LogP contribution in [-0.2, 0) is 6.42 Å². The molecule has 0 fully saturated rings. The first-order valence-electron chi connectivity index (χ1n) is 7.35. The standard InChI is InChI=1S/C20H17IN2/c1-16-7-9-17(10-8-16)11-20(14-22,15-23)12-19(13-21)18-5-3-2-4-6-18/h2-10,13H,11-12H2,1H3. The average Bonchev–Trinajstić information content (AvgIpc) is 2.61. The lowest BCUT2D eigenvalue weighted by molar-refractivity contribution is 0.534. The van der Waals surface area contributed by atoms with Crippen LogP contribution >= 0.6 is 22.6 Å². The zero-order valence-electron chi connectivity index (χ0n) is 13.0. The van der Waals surface area contributed by atoms with E-state index in [-0.39, 0.29) is 0 Å². The largest absolute Gasteiger partial charge is 0.197 e. The second-order valence-corrected chi connectivity index (χ2v) is 6.27. The fourth-order valence-electron chi connectivity index (χ4n) is 2.48. The molecule has 0 unspecified atom stereocenters. The van der Waals surface area contributed by atoms with E-state index in [1.165, 1.54) is 5.56 Å². The predicted octanol–water partition coefficient (Wildman–Crippen LogP) is 5.44. The van der Waals surface area contributed by atoms with E-state index >= 15 is 0 Å². The van der Waals surface area contributed by atoms with Crippen LogP contribution in [-0.4, -0.2) is 0 Å². The van der Waals surface area contributed by atoms with E-state index in [2.05, 4.69) is 34.7 Å². The summed E-state index contributed by atoms with van der Waals surface area (Å²) in [6.07, 6.45) is 0.849. The highest BCUT2D eigenvalue weighted by Gasteiger charge is 2.32. The molecular formula is C20H17IN2. The summed E-state index contributed by atoms with van der Waals surface area (Å²) in [7, 11) is 0. The molecule has 2 aromatic carbocycles. The Kier molecular flexibility index (Phi) is 5.96. The van der Waals surface area contributed by atoms with E-state index < -0.39 is 5.41 Å². The summed E-state index contributed by atoms with van der Waals surface area (Å²) in [5.41, 5.74) is 3.20. The summed E-state index contributed by atoms with van der Waals surface area (Å²) >= 11 is 2.18. The number of hydrogen-bond acceptors (Lipinski definition) is 2. The van der Waals surface area contributed by atoms with Crippen LogP contribution in [0.5, 0.6) is 0 Å². The minimum atomic E-state index is -1.05. The highest BCUT2D eigenvalue weighted by Crippen LogP contribution is 2.34. The second kappa shape index (κ2) is 7.94. The van der Waals surface area contributed by atoms with Crippen LogP contribution in [0.2, 0.25) is 0 Å². The maximum absolute atomic E-state index is 9.68. The molecule has 0 heterocycles. The number of nitriles is 2. The zero-order valence-corrected chi connectivity index (χ0v) is 15.1. The van der Waals surface area contributed by atoms with Gasteiger partial charge in [0.1, 0.15) is 0 Å². The molecule has 0 bridgehead atoms. The normalized spacial score (nSPS) is 11.6. The number of rotatable bonds is 5. The number of benzene rings is 2. The number of aryl methyl sites for hydroxylation is 1. The van der Waals surface area contributed by atoms with Gasteiger partial charge in [-0.1, -0.05) is 82.8 Å². The molecule has 0 saturated carbocycles. The maximum Gasteiger partial charge on any atom is 0.151 e. The maximum atomic E-state index is 9.68. The summed E-state index contributed by atoms with van der Waals surface area (Å²) in [6, 6.07) is 22.5. The number of nitrogens with zero attached hydrogens (tertiary/aromatic N) is 2. The Morgan fingerprint density at radius 2 is 1.65 bits per heavy atom. The van der Waals surface area contributed by atoms with E-state index in [4.69, 9.17) is 0 Å². The van der Waals surface area contributed by atoms with Crippen LogP contribution in [0, 0.1) is 35.0 Å². The molecule has 23 heavy (non-hydrogen) atoms. The van der Waals surface area contributed by atoms with Crippen LogP contribution < -0.4 is 0 Å². The lowest BCUT2D eigenvalue weighted by atomic mass is 9.78. The van der Waals surface area contributed by atoms with Gasteiger partial charge in [-0.2, -0.15) is 10.5 Å². The minimum Gasteiger partial charge on any atom is -0.197 e. The van der Waals surface area contributed by atoms with Crippen molar-refractivity contribution in [1.29, 1.82) is 10.5 Å². The molecule has 0 N–H and O–H groups in total. The lowest BCUT2D eigenvalue weighted by Gasteiger charge is -2.20. The van der Waals surface area contributed by atoms with Gasteiger partial charge in [0.25, 0.3) is 0 Å². The Morgan fingerprint density at radius 1 is 1.04 bits per heavy atom. The Bertz CT molecular complexity index is 748. The molecule has 2 rings (SSSR count). The summed E-state index contributed by atoms with van der Waals surface area (Å²) < 4.78 is 1.96. The third-order valence-electron chi connectivity index (χ3n) is 3.82. The number of halogens is 1. The topological polar surface area (TPSA) is 47.6 Å². The van der Waals surface area contributed by atoms with Crippen molar-refractivity contribution >= 4 is 28.2 Å². The summed E-state index contributed by atoms with van der Waals surface area (Å²) in [4.78, 5) is 0. The molecule has 0 spiro atoms. The first-order valence-corrected chi connectivity index (χ1v) is 8.60. The van der Waals surface area contributed by atoms with Crippen molar-refractivity contribution in [3.8, 4) is 12.1 Å². The molecule has 0 aliphatic heterocycles. The molecule has 3 heteroatoms. The molecule has 0 atom stereocenters. The molecule has 0 aliphatic carbocycles. The van der Waals surface area contributed by atoms with Gasteiger partial charge in [-0.3, -0.25) is 0 Å². The zero-order chi connectivity index (χ0) is 16.7. The molecule has 0 saturated heterocycles. The Labute approximate surface area is 151 Å². The molecule has 2 aromatic rings. The van der Waals surface area contributed by atoms with Crippen LogP contribution in [0.15, 0.2) is 58.7 Å². The minimum absolute atomic E-state index is 0.417. The highest BCUT2D eigenvalue weighted by molar-refractivity contribution is 14.1. The van der Waals surface area contributed by atoms with Crippen molar-refractivity contribution in [2.45, 2.75) is 19.8 Å². The van der Waals surface area contributed by atoms with Gasteiger partial charge in [0.15, 0.2) is 5.41 Å². The lowest BCUT2D eigenvalue weighted by Crippen LogP contribution is -2.20. The third kappa shape index (κ3) is 4.43. The Balaban J connectivity index is 2.29. The molecule has 2 nitrogen and oxygen atoms in total. The molecule has 0 radical (unpaired) electrons. The SMILES string of the molecule is Cc1ccc(CC(C#N)(C#N)CC(=CI)c2ccccc2)cc1. The Hall–Kier alpha value is -2.11. The van der Waals surface area contributed by atoms with Crippen molar-refractivity contribution in [2.24, 2.45) is 5.41 Å². The van der Waals surface area contributed by atoms with Crippen LogP contribution in [0.4, 0.5) is 0 Å². The van der Waals surface area contributed by atoms with E-state index in [0.717, 1.165) is 16.7 Å². The smallest absolute Gasteiger partial charge is 0.151 e. The van der Waals surface area contributed by atoms with E-state index in [1.807, 2.05) is 65.6 Å².